The Hall–Kier alpha value is -1.05. The van der Waals surface area contributed by atoms with Crippen LogP contribution in [0.25, 0.3) is 0 Å². The van der Waals surface area contributed by atoms with Crippen LogP contribution in [0.1, 0.15) is 13.8 Å². The maximum absolute atomic E-state index is 9.98. The molecule has 0 heterocycles. The van der Waals surface area contributed by atoms with Crippen molar-refractivity contribution >= 4 is 5.91 Å². The smallest absolute Gasteiger partial charge is 0.248 e. The Kier molecular flexibility index (Phi) is 8.38. The van der Waals surface area contributed by atoms with E-state index in [1.54, 1.807) is 0 Å². The van der Waals surface area contributed by atoms with Gasteiger partial charge in [0.1, 0.15) is 0 Å². The van der Waals surface area contributed by atoms with Crippen LogP contribution in [0.2, 0.25) is 0 Å². The van der Waals surface area contributed by atoms with Crippen LogP contribution in [-0.4, -0.2) is 5.91 Å². The average molecular weight is 127 g/mol. The lowest BCUT2D eigenvalue weighted by atomic mass is 10.3. The minimum atomic E-state index is -0.519. The van der Waals surface area contributed by atoms with Crippen molar-refractivity contribution in [1.29, 1.82) is 0 Å². The summed E-state index contributed by atoms with van der Waals surface area (Å²) in [5.74, 6) is -0.519. The van der Waals surface area contributed by atoms with Crippen LogP contribution in [0.15, 0.2) is 24.8 Å². The standard InChI is InChI=1S/C5H7NO.C2H6/c1-3-4(2)5(6)7;1-2/h3H,1-2H2,(H2,6,7);1-2H3. The van der Waals surface area contributed by atoms with Crippen LogP contribution in [0, 0.1) is 0 Å². The minimum Gasteiger partial charge on any atom is -0.366 e. The summed E-state index contributed by atoms with van der Waals surface area (Å²) in [6.45, 7) is 10.6. The molecular formula is C7H13NO. The van der Waals surface area contributed by atoms with Gasteiger partial charge in [-0.05, 0) is 0 Å². The summed E-state index contributed by atoms with van der Waals surface area (Å²) in [6.07, 6.45) is 1.32. The highest BCUT2D eigenvalue weighted by molar-refractivity contribution is 5.93. The molecule has 0 rings (SSSR count). The van der Waals surface area contributed by atoms with Crippen LogP contribution in [0.4, 0.5) is 0 Å². The topological polar surface area (TPSA) is 43.1 Å². The van der Waals surface area contributed by atoms with Crippen molar-refractivity contribution in [2.24, 2.45) is 5.73 Å². The van der Waals surface area contributed by atoms with Crippen LogP contribution >= 0.6 is 0 Å². The molecule has 0 aliphatic carbocycles. The quantitative estimate of drug-likeness (QED) is 0.440. The summed E-state index contributed by atoms with van der Waals surface area (Å²) in [5.41, 5.74) is 4.99. The largest absolute Gasteiger partial charge is 0.366 e. The Labute approximate surface area is 56.1 Å². The molecular weight excluding hydrogens is 114 g/mol. The van der Waals surface area contributed by atoms with Crippen molar-refractivity contribution in [2.45, 2.75) is 13.8 Å². The Morgan fingerprint density at radius 1 is 1.56 bits per heavy atom. The van der Waals surface area contributed by atoms with Gasteiger partial charge in [0, 0.05) is 5.57 Å². The Morgan fingerprint density at radius 3 is 1.89 bits per heavy atom. The third-order valence-electron chi connectivity index (χ3n) is 0.563. The van der Waals surface area contributed by atoms with Crippen molar-refractivity contribution in [3.63, 3.8) is 0 Å². The van der Waals surface area contributed by atoms with Gasteiger partial charge in [-0.2, -0.15) is 0 Å². The molecule has 0 atom stereocenters. The predicted octanol–water partition coefficient (Wildman–Crippen LogP) is 1.24. The van der Waals surface area contributed by atoms with Crippen molar-refractivity contribution in [3.05, 3.63) is 24.8 Å². The van der Waals surface area contributed by atoms with Crippen molar-refractivity contribution in [1.82, 2.24) is 0 Å². The first-order valence-corrected chi connectivity index (χ1v) is 2.79. The van der Waals surface area contributed by atoms with Gasteiger partial charge in [0.25, 0.3) is 0 Å². The first-order chi connectivity index (χ1) is 4.18. The molecule has 0 radical (unpaired) electrons. The fourth-order valence-electron chi connectivity index (χ4n) is 0.101. The molecule has 1 amide bonds. The van der Waals surface area contributed by atoms with E-state index in [9.17, 15) is 4.79 Å². The maximum atomic E-state index is 9.98. The fourth-order valence-corrected chi connectivity index (χ4v) is 0.101. The summed E-state index contributed by atoms with van der Waals surface area (Å²) in [4.78, 5) is 9.98. The number of hydrogen-bond donors (Lipinski definition) is 1. The molecule has 0 aliphatic rings. The molecule has 0 aliphatic heterocycles. The molecule has 2 heteroatoms. The van der Waals surface area contributed by atoms with Crippen LogP contribution in [0.5, 0.6) is 0 Å². The third-order valence-corrected chi connectivity index (χ3v) is 0.563. The summed E-state index contributed by atoms with van der Waals surface area (Å²) in [7, 11) is 0. The van der Waals surface area contributed by atoms with Gasteiger partial charge >= 0.3 is 0 Å². The molecule has 0 aromatic rings. The summed E-state index contributed by atoms with van der Waals surface area (Å²) >= 11 is 0. The van der Waals surface area contributed by atoms with E-state index in [0.29, 0.717) is 0 Å². The second-order valence-corrected chi connectivity index (χ2v) is 1.09. The summed E-state index contributed by atoms with van der Waals surface area (Å²) < 4.78 is 0. The zero-order chi connectivity index (χ0) is 7.86. The van der Waals surface area contributed by atoms with E-state index in [1.165, 1.54) is 6.08 Å². The highest BCUT2D eigenvalue weighted by atomic mass is 16.1. The van der Waals surface area contributed by atoms with Crippen LogP contribution in [0.3, 0.4) is 0 Å². The molecule has 0 saturated carbocycles. The summed E-state index contributed by atoms with van der Waals surface area (Å²) in [5, 5.41) is 0. The van der Waals surface area contributed by atoms with E-state index in [2.05, 4.69) is 13.2 Å². The predicted molar refractivity (Wildman–Crippen MR) is 39.9 cm³/mol. The number of nitrogens with two attached hydrogens (primary N) is 1. The maximum Gasteiger partial charge on any atom is 0.248 e. The van der Waals surface area contributed by atoms with Gasteiger partial charge in [-0.25, -0.2) is 0 Å². The van der Waals surface area contributed by atoms with E-state index in [4.69, 9.17) is 5.73 Å². The van der Waals surface area contributed by atoms with Gasteiger partial charge in [0.2, 0.25) is 5.91 Å². The first kappa shape index (κ1) is 10.8. The molecule has 0 bridgehead atoms. The number of primary amides is 1. The average Bonchev–Trinajstić information content (AvgIpc) is 1.91. The van der Waals surface area contributed by atoms with Crippen molar-refractivity contribution < 1.29 is 4.79 Å². The second-order valence-electron chi connectivity index (χ2n) is 1.09. The molecule has 2 nitrogen and oxygen atoms in total. The van der Waals surface area contributed by atoms with Gasteiger partial charge in [0.05, 0.1) is 0 Å². The van der Waals surface area contributed by atoms with E-state index in [0.717, 1.165) is 0 Å². The number of rotatable bonds is 2. The van der Waals surface area contributed by atoms with E-state index in [-0.39, 0.29) is 5.57 Å². The molecule has 0 fully saturated rings. The molecule has 52 valence electrons. The lowest BCUT2D eigenvalue weighted by molar-refractivity contribution is -0.114. The number of carbonyl (C=O) groups is 1. The Balaban J connectivity index is 0. The van der Waals surface area contributed by atoms with Gasteiger partial charge in [-0.3, -0.25) is 4.79 Å². The number of amides is 1. The molecule has 2 N–H and O–H groups in total. The highest BCUT2D eigenvalue weighted by Crippen LogP contribution is 1.84. The molecule has 0 unspecified atom stereocenters. The molecule has 9 heavy (non-hydrogen) atoms. The Bertz CT molecular complexity index is 116. The number of hydrogen-bond acceptors (Lipinski definition) is 1. The molecule has 0 spiro atoms. The van der Waals surface area contributed by atoms with E-state index < -0.39 is 5.91 Å². The minimum absolute atomic E-state index is 0.250. The monoisotopic (exact) mass is 127 g/mol. The second kappa shape index (κ2) is 6.95. The van der Waals surface area contributed by atoms with Crippen LogP contribution in [-0.2, 0) is 4.79 Å². The van der Waals surface area contributed by atoms with Gasteiger partial charge in [-0.1, -0.05) is 33.1 Å². The van der Waals surface area contributed by atoms with Crippen molar-refractivity contribution in [2.75, 3.05) is 0 Å². The Morgan fingerprint density at radius 2 is 1.89 bits per heavy atom. The zero-order valence-electron chi connectivity index (χ0n) is 5.98. The van der Waals surface area contributed by atoms with Gasteiger partial charge in [0.15, 0.2) is 0 Å². The lowest BCUT2D eigenvalue weighted by Crippen LogP contribution is -2.10. The lowest BCUT2D eigenvalue weighted by Gasteiger charge is -1.84. The molecule has 0 aromatic carbocycles. The normalized spacial score (nSPS) is 6.44. The van der Waals surface area contributed by atoms with Gasteiger partial charge in [-0.15, -0.1) is 0 Å². The first-order valence-electron chi connectivity index (χ1n) is 2.79. The molecule has 0 saturated heterocycles. The van der Waals surface area contributed by atoms with E-state index in [1.807, 2.05) is 13.8 Å². The number of carbonyl (C=O) groups excluding carboxylic acids is 1. The fraction of sp³-hybridized carbons (Fsp3) is 0.286. The molecule has 0 aromatic heterocycles. The zero-order valence-corrected chi connectivity index (χ0v) is 5.98. The SMILES string of the molecule is C=CC(=C)C(N)=O.CC. The third kappa shape index (κ3) is 6.95. The highest BCUT2D eigenvalue weighted by Gasteiger charge is 1.90. The summed E-state index contributed by atoms with van der Waals surface area (Å²) in [6, 6.07) is 0. The van der Waals surface area contributed by atoms with Crippen LogP contribution < -0.4 is 5.73 Å². The van der Waals surface area contributed by atoms with E-state index >= 15 is 0 Å². The van der Waals surface area contributed by atoms with Gasteiger partial charge < -0.3 is 5.73 Å². The van der Waals surface area contributed by atoms with Crippen molar-refractivity contribution in [3.8, 4) is 0 Å².